The van der Waals surface area contributed by atoms with E-state index >= 15 is 0 Å². The van der Waals surface area contributed by atoms with Crippen molar-refractivity contribution in [3.8, 4) is 11.3 Å². The van der Waals surface area contributed by atoms with Crippen molar-refractivity contribution >= 4 is 17.6 Å². The van der Waals surface area contributed by atoms with Crippen LogP contribution in [0.2, 0.25) is 0 Å². The Balaban J connectivity index is 2.06. The summed E-state index contributed by atoms with van der Waals surface area (Å²) in [7, 11) is 0. The fourth-order valence-corrected chi connectivity index (χ4v) is 2.89. The Labute approximate surface area is 138 Å². The van der Waals surface area contributed by atoms with Gasteiger partial charge in [0.05, 0.1) is 24.1 Å². The highest BCUT2D eigenvalue weighted by molar-refractivity contribution is 7.07. The van der Waals surface area contributed by atoms with E-state index in [0.717, 1.165) is 21.8 Å². The van der Waals surface area contributed by atoms with Crippen LogP contribution in [0, 0.1) is 0 Å². The number of rotatable bonds is 5. The number of benzene rings is 1. The third-order valence-corrected chi connectivity index (χ3v) is 3.96. The summed E-state index contributed by atoms with van der Waals surface area (Å²) in [5, 5.41) is 6.64. The highest BCUT2D eigenvalue weighted by Gasteiger charge is 2.06. The van der Waals surface area contributed by atoms with Gasteiger partial charge in [0, 0.05) is 17.1 Å². The molecule has 0 atom stereocenters. The fraction of sp³-hybridized carbons (Fsp3) is 0.0556. The minimum atomic E-state index is 0.563. The molecule has 0 saturated carbocycles. The average Bonchev–Trinajstić information content (AvgIpc) is 3.02. The van der Waals surface area contributed by atoms with Gasteiger partial charge in [-0.3, -0.25) is 9.98 Å². The molecule has 5 heteroatoms. The van der Waals surface area contributed by atoms with Crippen LogP contribution in [0.25, 0.3) is 11.3 Å². The Morgan fingerprint density at radius 3 is 2.70 bits per heavy atom. The van der Waals surface area contributed by atoms with Gasteiger partial charge in [-0.25, -0.2) is 4.68 Å². The molecule has 23 heavy (non-hydrogen) atoms. The molecule has 2 aromatic heterocycles. The summed E-state index contributed by atoms with van der Waals surface area (Å²) >= 11 is 1.56. The third kappa shape index (κ3) is 3.70. The summed E-state index contributed by atoms with van der Waals surface area (Å²) in [5.74, 6) is 0. The Hall–Kier alpha value is -2.79. The predicted molar refractivity (Wildman–Crippen MR) is 95.6 cm³/mol. The summed E-state index contributed by atoms with van der Waals surface area (Å²) in [4.78, 5) is 9.61. The molecule has 2 heterocycles. The lowest BCUT2D eigenvalue weighted by Crippen LogP contribution is -2.12. The summed E-state index contributed by atoms with van der Waals surface area (Å²) in [6.07, 6.45) is 5.27. The lowest BCUT2D eigenvalue weighted by molar-refractivity contribution is 0.839. The topological polar surface area (TPSA) is 42.5 Å². The Kier molecular flexibility index (Phi) is 4.91. The second kappa shape index (κ2) is 7.47. The average molecular weight is 320 g/mol. The van der Waals surface area contributed by atoms with E-state index in [1.54, 1.807) is 29.8 Å². The first kappa shape index (κ1) is 15.1. The van der Waals surface area contributed by atoms with Crippen molar-refractivity contribution in [2.45, 2.75) is 0 Å². The molecule has 0 spiro atoms. The van der Waals surface area contributed by atoms with E-state index in [-0.39, 0.29) is 0 Å². The van der Waals surface area contributed by atoms with Gasteiger partial charge in [0.15, 0.2) is 0 Å². The predicted octanol–water partition coefficient (Wildman–Crippen LogP) is 3.58. The maximum absolute atomic E-state index is 4.58. The largest absolute Gasteiger partial charge is 0.255 e. The van der Waals surface area contributed by atoms with Crippen molar-refractivity contribution in [2.24, 2.45) is 10.1 Å². The molecule has 0 bridgehead atoms. The van der Waals surface area contributed by atoms with Gasteiger partial charge in [0.1, 0.15) is 0 Å². The monoisotopic (exact) mass is 320 g/mol. The zero-order chi connectivity index (χ0) is 15.9. The van der Waals surface area contributed by atoms with Gasteiger partial charge in [-0.15, -0.1) is 17.9 Å². The first-order chi connectivity index (χ1) is 11.4. The smallest absolute Gasteiger partial charge is 0.206 e. The molecule has 0 saturated heterocycles. The van der Waals surface area contributed by atoms with E-state index in [1.165, 1.54) is 0 Å². The molecule has 0 aliphatic carbocycles. The van der Waals surface area contributed by atoms with Crippen molar-refractivity contribution in [1.29, 1.82) is 0 Å². The van der Waals surface area contributed by atoms with E-state index in [0.29, 0.717) is 6.54 Å². The van der Waals surface area contributed by atoms with Gasteiger partial charge in [0.2, 0.25) is 4.80 Å². The first-order valence-corrected chi connectivity index (χ1v) is 8.09. The van der Waals surface area contributed by atoms with Crippen molar-refractivity contribution < 1.29 is 0 Å². The van der Waals surface area contributed by atoms with Crippen LogP contribution in [0.5, 0.6) is 0 Å². The van der Waals surface area contributed by atoms with E-state index in [1.807, 2.05) is 41.1 Å². The second-order valence-corrected chi connectivity index (χ2v) is 5.55. The van der Waals surface area contributed by atoms with E-state index in [4.69, 9.17) is 0 Å². The molecule has 0 aliphatic rings. The lowest BCUT2D eigenvalue weighted by Gasteiger charge is -2.03. The number of aromatic nitrogens is 2. The molecule has 114 valence electrons. The standard InChI is InChI=1S/C18H16N4S/c1-2-11-20-18-22(21-13-16-10-6-7-12-19-16)17(14-23-18)15-8-4-3-5-9-15/h2-10,12-14H,1,11H2/b20-18?,21-13+. The quantitative estimate of drug-likeness (QED) is 0.523. The Bertz CT molecular complexity index is 861. The highest BCUT2D eigenvalue weighted by atomic mass is 32.1. The minimum absolute atomic E-state index is 0.563. The molecular formula is C18H16N4S. The number of thiazole rings is 1. The van der Waals surface area contributed by atoms with Crippen LogP contribution in [0.15, 0.2) is 82.9 Å². The van der Waals surface area contributed by atoms with Gasteiger partial charge >= 0.3 is 0 Å². The maximum atomic E-state index is 4.58. The number of hydrogen-bond acceptors (Lipinski definition) is 4. The zero-order valence-corrected chi connectivity index (χ0v) is 13.4. The summed E-state index contributed by atoms with van der Waals surface area (Å²) < 4.78 is 1.85. The van der Waals surface area contributed by atoms with Crippen molar-refractivity contribution in [3.05, 3.63) is 83.3 Å². The Morgan fingerprint density at radius 2 is 1.96 bits per heavy atom. The molecule has 1 aromatic carbocycles. The van der Waals surface area contributed by atoms with Crippen LogP contribution in [-0.4, -0.2) is 22.4 Å². The molecule has 0 unspecified atom stereocenters. The van der Waals surface area contributed by atoms with E-state index in [9.17, 15) is 0 Å². The van der Waals surface area contributed by atoms with Crippen LogP contribution >= 0.6 is 11.3 Å². The van der Waals surface area contributed by atoms with Crippen LogP contribution < -0.4 is 4.80 Å². The number of pyridine rings is 1. The molecule has 0 amide bonds. The van der Waals surface area contributed by atoms with Crippen molar-refractivity contribution in [2.75, 3.05) is 6.54 Å². The van der Waals surface area contributed by atoms with Crippen LogP contribution in [-0.2, 0) is 0 Å². The zero-order valence-electron chi connectivity index (χ0n) is 12.5. The van der Waals surface area contributed by atoms with E-state index < -0.39 is 0 Å². The van der Waals surface area contributed by atoms with Crippen LogP contribution in [0.4, 0.5) is 0 Å². The minimum Gasteiger partial charge on any atom is -0.255 e. The summed E-state index contributed by atoms with van der Waals surface area (Å²) in [5.41, 5.74) is 2.91. The molecule has 0 aliphatic heterocycles. The van der Waals surface area contributed by atoms with Gasteiger partial charge < -0.3 is 0 Å². The summed E-state index contributed by atoms with van der Waals surface area (Å²) in [6, 6.07) is 15.9. The third-order valence-electron chi connectivity index (χ3n) is 3.10. The Morgan fingerprint density at radius 1 is 1.13 bits per heavy atom. The maximum Gasteiger partial charge on any atom is 0.206 e. The summed E-state index contributed by atoms with van der Waals surface area (Å²) in [6.45, 7) is 4.28. The molecular weight excluding hydrogens is 304 g/mol. The van der Waals surface area contributed by atoms with Crippen LogP contribution in [0.1, 0.15) is 5.69 Å². The second-order valence-electron chi connectivity index (χ2n) is 4.71. The van der Waals surface area contributed by atoms with Gasteiger partial charge in [0.25, 0.3) is 0 Å². The van der Waals surface area contributed by atoms with Gasteiger partial charge in [-0.05, 0) is 12.1 Å². The number of nitrogens with zero attached hydrogens (tertiary/aromatic N) is 4. The normalized spacial score (nSPS) is 11.9. The van der Waals surface area contributed by atoms with Gasteiger partial charge in [-0.2, -0.15) is 5.10 Å². The lowest BCUT2D eigenvalue weighted by atomic mass is 10.2. The highest BCUT2D eigenvalue weighted by Crippen LogP contribution is 2.19. The van der Waals surface area contributed by atoms with E-state index in [2.05, 4.69) is 39.2 Å². The molecule has 0 radical (unpaired) electrons. The molecule has 3 rings (SSSR count). The molecule has 0 fully saturated rings. The van der Waals surface area contributed by atoms with Crippen molar-refractivity contribution in [1.82, 2.24) is 9.66 Å². The molecule has 0 N–H and O–H groups in total. The first-order valence-electron chi connectivity index (χ1n) is 7.21. The fourth-order valence-electron chi connectivity index (χ4n) is 2.04. The van der Waals surface area contributed by atoms with Gasteiger partial charge in [-0.1, -0.05) is 42.5 Å². The van der Waals surface area contributed by atoms with Crippen LogP contribution in [0.3, 0.4) is 0 Å². The SMILES string of the molecule is C=CCN=c1scc(-c2ccccc2)n1/N=C/c1ccccn1. The van der Waals surface area contributed by atoms with Crippen molar-refractivity contribution in [3.63, 3.8) is 0 Å². The molecule has 4 nitrogen and oxygen atoms in total. The number of hydrogen-bond donors (Lipinski definition) is 0. The molecule has 3 aromatic rings.